The minimum Gasteiger partial charge on any atom is -0.490 e. The van der Waals surface area contributed by atoms with E-state index in [0.717, 1.165) is 17.7 Å². The van der Waals surface area contributed by atoms with Gasteiger partial charge in [0.2, 0.25) is 0 Å². The first-order valence-corrected chi connectivity index (χ1v) is 7.12. The number of hydrogen-bond acceptors (Lipinski definition) is 4. The average molecular weight is 292 g/mol. The van der Waals surface area contributed by atoms with Crippen molar-refractivity contribution in [1.82, 2.24) is 10.4 Å². The largest absolute Gasteiger partial charge is 0.490 e. The van der Waals surface area contributed by atoms with Crippen LogP contribution in [-0.2, 0) is 4.79 Å². The number of carbonyl (C=O) groups is 1. The Balaban J connectivity index is 2.81. The molecule has 5 heteroatoms. The molecule has 0 aliphatic carbocycles. The summed E-state index contributed by atoms with van der Waals surface area (Å²) in [5, 5.41) is 1.60. The maximum atomic E-state index is 11.6. The molecule has 0 fully saturated rings. The lowest BCUT2D eigenvalue weighted by molar-refractivity contribution is -0.119. The van der Waals surface area contributed by atoms with Gasteiger partial charge in [-0.1, -0.05) is 13.0 Å². The second-order valence-electron chi connectivity index (χ2n) is 4.69. The highest BCUT2D eigenvalue weighted by molar-refractivity contribution is 5.91. The fourth-order valence-electron chi connectivity index (χ4n) is 1.66. The van der Waals surface area contributed by atoms with Gasteiger partial charge in [0, 0.05) is 20.2 Å². The fourth-order valence-corrected chi connectivity index (χ4v) is 1.66. The van der Waals surface area contributed by atoms with Gasteiger partial charge in [-0.15, -0.1) is 0 Å². The van der Waals surface area contributed by atoms with Crippen LogP contribution >= 0.6 is 0 Å². The Morgan fingerprint density at radius 2 is 2.00 bits per heavy atom. The normalized spacial score (nSPS) is 10.9. The van der Waals surface area contributed by atoms with E-state index in [9.17, 15) is 4.79 Å². The maximum absolute atomic E-state index is 11.6. The van der Waals surface area contributed by atoms with Gasteiger partial charge < -0.3 is 9.47 Å². The number of benzene rings is 1. The van der Waals surface area contributed by atoms with Crippen molar-refractivity contribution in [2.45, 2.75) is 20.3 Å². The zero-order valence-electron chi connectivity index (χ0n) is 13.2. The second kappa shape index (κ2) is 9.02. The van der Waals surface area contributed by atoms with E-state index in [4.69, 9.17) is 9.47 Å². The third-order valence-electron chi connectivity index (χ3n) is 2.49. The SMILES string of the molecule is CCCOc1ccc(/C=C/C(=O)NN(C)C)cc1OCC. The molecule has 0 saturated heterocycles. The predicted octanol–water partition coefficient (Wildman–Crippen LogP) is 2.48. The first-order chi connectivity index (χ1) is 10.1. The number of nitrogens with zero attached hydrogens (tertiary/aromatic N) is 1. The Bertz CT molecular complexity index is 484. The molecule has 1 aromatic rings. The summed E-state index contributed by atoms with van der Waals surface area (Å²) in [6.07, 6.45) is 4.17. The second-order valence-corrected chi connectivity index (χ2v) is 4.69. The molecule has 0 bridgehead atoms. The zero-order chi connectivity index (χ0) is 15.7. The lowest BCUT2D eigenvalue weighted by atomic mass is 10.2. The van der Waals surface area contributed by atoms with E-state index >= 15 is 0 Å². The molecule has 0 spiro atoms. The third-order valence-corrected chi connectivity index (χ3v) is 2.49. The molecule has 0 radical (unpaired) electrons. The Morgan fingerprint density at radius 3 is 2.62 bits per heavy atom. The van der Waals surface area contributed by atoms with Crippen LogP contribution in [0.5, 0.6) is 11.5 Å². The molecule has 21 heavy (non-hydrogen) atoms. The average Bonchev–Trinajstić information content (AvgIpc) is 2.43. The molecule has 1 aromatic carbocycles. The summed E-state index contributed by atoms with van der Waals surface area (Å²) in [5.74, 6) is 1.25. The summed E-state index contributed by atoms with van der Waals surface area (Å²) < 4.78 is 11.2. The van der Waals surface area contributed by atoms with Crippen LogP contribution in [0.4, 0.5) is 0 Å². The van der Waals surface area contributed by atoms with E-state index in [1.165, 1.54) is 6.08 Å². The van der Waals surface area contributed by atoms with Crippen LogP contribution in [0.2, 0.25) is 0 Å². The Hall–Kier alpha value is -2.01. The van der Waals surface area contributed by atoms with Crippen molar-refractivity contribution >= 4 is 12.0 Å². The molecule has 0 aromatic heterocycles. The van der Waals surface area contributed by atoms with Crippen molar-refractivity contribution in [2.75, 3.05) is 27.3 Å². The molecule has 5 nitrogen and oxygen atoms in total. The van der Waals surface area contributed by atoms with Gasteiger partial charge in [0.05, 0.1) is 13.2 Å². The molecule has 0 heterocycles. The van der Waals surface area contributed by atoms with E-state index in [0.29, 0.717) is 19.0 Å². The van der Waals surface area contributed by atoms with Gasteiger partial charge in [-0.05, 0) is 37.1 Å². The lowest BCUT2D eigenvalue weighted by Crippen LogP contribution is -2.34. The molecule has 0 aliphatic rings. The highest BCUT2D eigenvalue weighted by Crippen LogP contribution is 2.29. The van der Waals surface area contributed by atoms with Crippen molar-refractivity contribution in [3.05, 3.63) is 29.8 Å². The lowest BCUT2D eigenvalue weighted by Gasteiger charge is -2.12. The van der Waals surface area contributed by atoms with Gasteiger partial charge in [0.1, 0.15) is 0 Å². The van der Waals surface area contributed by atoms with Crippen molar-refractivity contribution in [3.8, 4) is 11.5 Å². The number of amides is 1. The molecule has 1 N–H and O–H groups in total. The van der Waals surface area contributed by atoms with Gasteiger partial charge in [0.15, 0.2) is 11.5 Å². The standard InChI is InChI=1S/C16H24N2O3/c1-5-11-21-14-9-7-13(12-15(14)20-6-2)8-10-16(19)17-18(3)4/h7-10,12H,5-6,11H2,1-4H3,(H,17,19)/b10-8+. The molecule has 0 atom stereocenters. The number of hydrazine groups is 1. The Morgan fingerprint density at radius 1 is 1.24 bits per heavy atom. The summed E-state index contributed by atoms with van der Waals surface area (Å²) in [7, 11) is 3.53. The molecule has 0 aliphatic heterocycles. The molecule has 1 rings (SSSR count). The van der Waals surface area contributed by atoms with Gasteiger partial charge in [-0.25, -0.2) is 5.01 Å². The first-order valence-electron chi connectivity index (χ1n) is 7.12. The van der Waals surface area contributed by atoms with Crippen molar-refractivity contribution in [2.24, 2.45) is 0 Å². The zero-order valence-corrected chi connectivity index (χ0v) is 13.2. The van der Waals surface area contributed by atoms with Gasteiger partial charge in [0.25, 0.3) is 5.91 Å². The van der Waals surface area contributed by atoms with E-state index < -0.39 is 0 Å². The van der Waals surface area contributed by atoms with Crippen LogP contribution in [0.15, 0.2) is 24.3 Å². The minimum atomic E-state index is -0.177. The molecular formula is C16H24N2O3. The van der Waals surface area contributed by atoms with Gasteiger partial charge >= 0.3 is 0 Å². The van der Waals surface area contributed by atoms with Crippen LogP contribution in [0.1, 0.15) is 25.8 Å². The topological polar surface area (TPSA) is 50.8 Å². The smallest absolute Gasteiger partial charge is 0.258 e. The van der Waals surface area contributed by atoms with E-state index in [2.05, 4.69) is 12.3 Å². The minimum absolute atomic E-state index is 0.177. The molecule has 0 unspecified atom stereocenters. The van der Waals surface area contributed by atoms with Gasteiger partial charge in [-0.3, -0.25) is 10.2 Å². The summed E-state index contributed by atoms with van der Waals surface area (Å²) in [6, 6.07) is 5.63. The molecule has 0 saturated carbocycles. The number of ether oxygens (including phenoxy) is 2. The van der Waals surface area contributed by atoms with Gasteiger partial charge in [-0.2, -0.15) is 0 Å². The predicted molar refractivity (Wildman–Crippen MR) is 84.3 cm³/mol. The third kappa shape index (κ3) is 6.31. The Labute approximate surface area is 126 Å². The number of carbonyl (C=O) groups excluding carboxylic acids is 1. The highest BCUT2D eigenvalue weighted by Gasteiger charge is 2.05. The Kier molecular flexibility index (Phi) is 7.32. The fraction of sp³-hybridized carbons (Fsp3) is 0.438. The van der Waals surface area contributed by atoms with Crippen LogP contribution in [0.3, 0.4) is 0 Å². The number of nitrogens with one attached hydrogen (secondary N) is 1. The summed E-state index contributed by atoms with van der Waals surface area (Å²) in [5.41, 5.74) is 3.53. The van der Waals surface area contributed by atoms with Crippen molar-refractivity contribution in [3.63, 3.8) is 0 Å². The molecular weight excluding hydrogens is 268 g/mol. The van der Waals surface area contributed by atoms with E-state index in [1.807, 2.05) is 25.1 Å². The van der Waals surface area contributed by atoms with E-state index in [1.54, 1.807) is 25.2 Å². The number of hydrogen-bond donors (Lipinski definition) is 1. The molecule has 1 amide bonds. The monoisotopic (exact) mass is 292 g/mol. The van der Waals surface area contributed by atoms with Crippen LogP contribution in [-0.4, -0.2) is 38.2 Å². The number of rotatable bonds is 8. The highest BCUT2D eigenvalue weighted by atomic mass is 16.5. The van der Waals surface area contributed by atoms with E-state index in [-0.39, 0.29) is 5.91 Å². The van der Waals surface area contributed by atoms with Crippen LogP contribution in [0, 0.1) is 0 Å². The quantitative estimate of drug-likeness (QED) is 0.591. The van der Waals surface area contributed by atoms with Crippen molar-refractivity contribution in [1.29, 1.82) is 0 Å². The summed E-state index contributed by atoms with van der Waals surface area (Å²) >= 11 is 0. The molecule has 116 valence electrons. The summed E-state index contributed by atoms with van der Waals surface area (Å²) in [4.78, 5) is 11.6. The van der Waals surface area contributed by atoms with Crippen molar-refractivity contribution < 1.29 is 14.3 Å². The van der Waals surface area contributed by atoms with Crippen LogP contribution < -0.4 is 14.9 Å². The summed E-state index contributed by atoms with van der Waals surface area (Å²) in [6.45, 7) is 5.20. The maximum Gasteiger partial charge on any atom is 0.258 e. The van der Waals surface area contributed by atoms with Crippen LogP contribution in [0.25, 0.3) is 6.08 Å². The first kappa shape index (κ1) is 17.0.